The van der Waals surface area contributed by atoms with E-state index >= 15 is 0 Å². The zero-order valence-corrected chi connectivity index (χ0v) is 14.4. The van der Waals surface area contributed by atoms with Crippen molar-refractivity contribution in [2.75, 3.05) is 11.9 Å². The van der Waals surface area contributed by atoms with Crippen molar-refractivity contribution in [3.8, 4) is 0 Å². The molecular formula is C16H25N7O. The number of hydrogen-bond donors (Lipinski definition) is 1. The van der Waals surface area contributed by atoms with E-state index in [0.717, 1.165) is 44.7 Å². The molecular weight excluding hydrogens is 306 g/mol. The topological polar surface area (TPSA) is 80.9 Å². The first-order valence-electron chi connectivity index (χ1n) is 8.63. The molecule has 2 aromatic rings. The molecule has 1 saturated heterocycles. The van der Waals surface area contributed by atoms with E-state index in [1.165, 1.54) is 6.42 Å². The van der Waals surface area contributed by atoms with Crippen LogP contribution >= 0.6 is 0 Å². The number of amides is 2. The fraction of sp³-hybridized carbons (Fsp3) is 0.625. The number of aromatic nitrogens is 5. The van der Waals surface area contributed by atoms with Crippen LogP contribution in [0.4, 0.5) is 10.6 Å². The predicted octanol–water partition coefficient (Wildman–Crippen LogP) is 2.28. The Labute approximate surface area is 141 Å². The van der Waals surface area contributed by atoms with Gasteiger partial charge in [0.2, 0.25) is 0 Å². The van der Waals surface area contributed by atoms with E-state index in [4.69, 9.17) is 0 Å². The molecule has 1 aliphatic rings. The second-order valence-electron chi connectivity index (χ2n) is 6.19. The Bertz CT molecular complexity index is 678. The minimum atomic E-state index is -0.0785. The van der Waals surface area contributed by atoms with Crippen LogP contribution in [0, 0.1) is 6.92 Å². The maximum absolute atomic E-state index is 12.6. The van der Waals surface area contributed by atoms with Gasteiger partial charge in [-0.05, 0) is 39.5 Å². The van der Waals surface area contributed by atoms with E-state index in [1.54, 1.807) is 10.9 Å². The number of carbonyl (C=O) groups is 1. The number of aryl methyl sites for hydroxylation is 3. The van der Waals surface area contributed by atoms with E-state index in [9.17, 15) is 4.79 Å². The number of urea groups is 1. The Hall–Kier alpha value is -2.38. The minimum Gasteiger partial charge on any atom is -0.335 e. The molecule has 3 heterocycles. The highest BCUT2D eigenvalue weighted by Gasteiger charge is 2.27. The zero-order chi connectivity index (χ0) is 16.9. The molecule has 0 aliphatic carbocycles. The fourth-order valence-electron chi connectivity index (χ4n) is 3.19. The average Bonchev–Trinajstić information content (AvgIpc) is 3.22. The lowest BCUT2D eigenvalue weighted by Gasteiger charge is -2.35. The lowest BCUT2D eigenvalue weighted by Crippen LogP contribution is -2.46. The van der Waals surface area contributed by atoms with Crippen LogP contribution in [0.3, 0.4) is 0 Å². The number of piperidine rings is 1. The Morgan fingerprint density at radius 3 is 3.00 bits per heavy atom. The van der Waals surface area contributed by atoms with Gasteiger partial charge in [-0.15, -0.1) is 5.10 Å². The summed E-state index contributed by atoms with van der Waals surface area (Å²) in [5.74, 6) is 1.52. The zero-order valence-electron chi connectivity index (χ0n) is 14.4. The molecule has 1 fully saturated rings. The third-order valence-electron chi connectivity index (χ3n) is 4.61. The van der Waals surface area contributed by atoms with Crippen molar-refractivity contribution < 1.29 is 4.79 Å². The Morgan fingerprint density at radius 1 is 1.42 bits per heavy atom. The van der Waals surface area contributed by atoms with Crippen LogP contribution in [0.5, 0.6) is 0 Å². The lowest BCUT2D eigenvalue weighted by molar-refractivity contribution is 0.155. The molecule has 8 heteroatoms. The average molecular weight is 331 g/mol. The van der Waals surface area contributed by atoms with Gasteiger partial charge in [0.1, 0.15) is 5.82 Å². The first-order chi connectivity index (χ1) is 11.7. The van der Waals surface area contributed by atoms with E-state index in [1.807, 2.05) is 31.1 Å². The Morgan fingerprint density at radius 2 is 2.29 bits per heavy atom. The van der Waals surface area contributed by atoms with E-state index < -0.39 is 0 Å². The molecule has 1 atom stereocenters. The van der Waals surface area contributed by atoms with Crippen LogP contribution in [-0.4, -0.2) is 48.1 Å². The second kappa shape index (κ2) is 7.46. The summed E-state index contributed by atoms with van der Waals surface area (Å²) in [4.78, 5) is 18.8. The van der Waals surface area contributed by atoms with Crippen LogP contribution in [0.15, 0.2) is 18.6 Å². The van der Waals surface area contributed by atoms with Crippen molar-refractivity contribution in [3.63, 3.8) is 0 Å². The standard InChI is InChI=1S/C16H25N7O/c1-3-22-12-15(19-20-22)18-16(24)23-9-5-4-6-14(23)7-10-21-11-8-17-13(21)2/h8,11-12,14H,3-7,9-10H2,1-2H3,(H,18,24). The molecule has 0 radical (unpaired) electrons. The normalized spacial score (nSPS) is 17.9. The summed E-state index contributed by atoms with van der Waals surface area (Å²) < 4.78 is 3.84. The fourth-order valence-corrected chi connectivity index (χ4v) is 3.19. The van der Waals surface area contributed by atoms with Gasteiger partial charge in [-0.1, -0.05) is 5.21 Å². The van der Waals surface area contributed by atoms with Gasteiger partial charge in [0.15, 0.2) is 5.82 Å². The molecule has 2 amide bonds. The van der Waals surface area contributed by atoms with Crippen molar-refractivity contribution in [3.05, 3.63) is 24.4 Å². The van der Waals surface area contributed by atoms with Gasteiger partial charge >= 0.3 is 6.03 Å². The lowest BCUT2D eigenvalue weighted by atomic mass is 9.99. The minimum absolute atomic E-state index is 0.0785. The maximum Gasteiger partial charge on any atom is 0.323 e. The van der Waals surface area contributed by atoms with Gasteiger partial charge in [0.25, 0.3) is 0 Å². The van der Waals surface area contributed by atoms with Gasteiger partial charge < -0.3 is 9.47 Å². The molecule has 0 spiro atoms. The third-order valence-corrected chi connectivity index (χ3v) is 4.61. The Kier molecular flexibility index (Phi) is 5.12. The van der Waals surface area contributed by atoms with E-state index in [0.29, 0.717) is 5.82 Å². The van der Waals surface area contributed by atoms with Gasteiger partial charge in [-0.25, -0.2) is 9.78 Å². The third kappa shape index (κ3) is 3.74. The Balaban J connectivity index is 1.60. The molecule has 0 bridgehead atoms. The summed E-state index contributed by atoms with van der Waals surface area (Å²) in [6.07, 6.45) is 9.77. The number of imidazole rings is 1. The van der Waals surface area contributed by atoms with E-state index in [-0.39, 0.29) is 12.1 Å². The summed E-state index contributed by atoms with van der Waals surface area (Å²) in [5.41, 5.74) is 0. The number of anilines is 1. The number of carbonyl (C=O) groups excluding carboxylic acids is 1. The molecule has 1 unspecified atom stereocenters. The van der Waals surface area contributed by atoms with E-state index in [2.05, 4.69) is 25.2 Å². The van der Waals surface area contributed by atoms with Crippen LogP contribution in [0.1, 0.15) is 38.4 Å². The molecule has 24 heavy (non-hydrogen) atoms. The SMILES string of the molecule is CCn1cc(NC(=O)N2CCCCC2CCn2ccnc2C)nn1. The van der Waals surface area contributed by atoms with Crippen molar-refractivity contribution in [2.45, 2.75) is 58.7 Å². The number of likely N-dealkylation sites (tertiary alicyclic amines) is 1. The van der Waals surface area contributed by atoms with Crippen LogP contribution in [0.25, 0.3) is 0 Å². The maximum atomic E-state index is 12.6. The monoisotopic (exact) mass is 331 g/mol. The quantitative estimate of drug-likeness (QED) is 0.911. The van der Waals surface area contributed by atoms with Gasteiger partial charge in [0, 0.05) is 38.1 Å². The highest BCUT2D eigenvalue weighted by atomic mass is 16.2. The first-order valence-corrected chi connectivity index (χ1v) is 8.63. The van der Waals surface area contributed by atoms with Crippen molar-refractivity contribution >= 4 is 11.8 Å². The van der Waals surface area contributed by atoms with Crippen LogP contribution in [0.2, 0.25) is 0 Å². The number of rotatable bonds is 5. The highest BCUT2D eigenvalue weighted by molar-refractivity contribution is 5.88. The smallest absolute Gasteiger partial charge is 0.323 e. The molecule has 1 N–H and O–H groups in total. The molecule has 3 rings (SSSR count). The van der Waals surface area contributed by atoms with Crippen molar-refractivity contribution in [1.29, 1.82) is 0 Å². The van der Waals surface area contributed by atoms with Gasteiger partial charge in [-0.2, -0.15) is 0 Å². The van der Waals surface area contributed by atoms with Crippen LogP contribution < -0.4 is 5.32 Å². The molecule has 1 aliphatic heterocycles. The number of nitrogens with one attached hydrogen (secondary N) is 1. The molecule has 0 aromatic carbocycles. The largest absolute Gasteiger partial charge is 0.335 e. The molecule has 2 aromatic heterocycles. The van der Waals surface area contributed by atoms with Gasteiger partial charge in [0.05, 0.1) is 6.20 Å². The molecule has 0 saturated carbocycles. The molecule has 8 nitrogen and oxygen atoms in total. The summed E-state index contributed by atoms with van der Waals surface area (Å²) in [7, 11) is 0. The van der Waals surface area contributed by atoms with Crippen molar-refractivity contribution in [2.24, 2.45) is 0 Å². The summed E-state index contributed by atoms with van der Waals surface area (Å²) >= 11 is 0. The summed E-state index contributed by atoms with van der Waals surface area (Å²) in [6.45, 7) is 6.40. The number of hydrogen-bond acceptors (Lipinski definition) is 4. The predicted molar refractivity (Wildman–Crippen MR) is 90.6 cm³/mol. The summed E-state index contributed by atoms with van der Waals surface area (Å²) in [6, 6.07) is 0.173. The summed E-state index contributed by atoms with van der Waals surface area (Å²) in [5, 5.41) is 10.8. The van der Waals surface area contributed by atoms with Crippen molar-refractivity contribution in [1.82, 2.24) is 29.4 Å². The number of nitrogens with zero attached hydrogens (tertiary/aromatic N) is 6. The second-order valence-corrected chi connectivity index (χ2v) is 6.19. The highest BCUT2D eigenvalue weighted by Crippen LogP contribution is 2.21. The van der Waals surface area contributed by atoms with Gasteiger partial charge in [-0.3, -0.25) is 10.00 Å². The van der Waals surface area contributed by atoms with Crippen LogP contribution in [-0.2, 0) is 13.1 Å². The molecule has 130 valence electrons. The first kappa shape index (κ1) is 16.5.